The van der Waals surface area contributed by atoms with Gasteiger partial charge >= 0.3 is 0 Å². The molecule has 7 nitrogen and oxygen atoms in total. The predicted octanol–water partition coefficient (Wildman–Crippen LogP) is 3.78. The SMILES string of the molecule is Cc1noc2nc(C(C)C)cc(C(=O)Nc3n[nH]c4ccccc34)c12. The fraction of sp³-hybridized carbons (Fsp3) is 0.222. The Bertz CT molecular complexity index is 1090. The Morgan fingerprint density at radius 3 is 2.88 bits per heavy atom. The molecule has 3 heterocycles. The summed E-state index contributed by atoms with van der Waals surface area (Å²) < 4.78 is 5.27. The summed E-state index contributed by atoms with van der Waals surface area (Å²) in [6, 6.07) is 9.42. The van der Waals surface area contributed by atoms with Crippen molar-refractivity contribution in [3.05, 3.63) is 47.3 Å². The maximum absolute atomic E-state index is 12.9. The number of amides is 1. The lowest BCUT2D eigenvalue weighted by molar-refractivity contribution is 0.102. The average molecular weight is 335 g/mol. The van der Waals surface area contributed by atoms with Crippen LogP contribution >= 0.6 is 0 Å². The summed E-state index contributed by atoms with van der Waals surface area (Å²) in [5.74, 6) is 0.385. The van der Waals surface area contributed by atoms with Crippen molar-refractivity contribution in [1.29, 1.82) is 0 Å². The number of aromatic nitrogens is 4. The van der Waals surface area contributed by atoms with Crippen LogP contribution in [0, 0.1) is 6.92 Å². The summed E-state index contributed by atoms with van der Waals surface area (Å²) in [6.07, 6.45) is 0. The zero-order chi connectivity index (χ0) is 17.6. The zero-order valence-electron chi connectivity index (χ0n) is 14.1. The lowest BCUT2D eigenvalue weighted by Crippen LogP contribution is -2.14. The van der Waals surface area contributed by atoms with Gasteiger partial charge in [0.25, 0.3) is 11.6 Å². The van der Waals surface area contributed by atoms with Gasteiger partial charge in [-0.2, -0.15) is 5.10 Å². The van der Waals surface area contributed by atoms with Crippen molar-refractivity contribution in [1.82, 2.24) is 20.3 Å². The second-order valence-corrected chi connectivity index (χ2v) is 6.27. The number of nitrogens with zero attached hydrogens (tertiary/aromatic N) is 3. The van der Waals surface area contributed by atoms with Crippen LogP contribution in [0.4, 0.5) is 5.82 Å². The number of hydrogen-bond acceptors (Lipinski definition) is 5. The van der Waals surface area contributed by atoms with Crippen molar-refractivity contribution in [3.63, 3.8) is 0 Å². The van der Waals surface area contributed by atoms with Crippen LogP contribution in [-0.2, 0) is 0 Å². The summed E-state index contributed by atoms with van der Waals surface area (Å²) in [5.41, 5.74) is 3.14. The molecule has 3 aromatic heterocycles. The van der Waals surface area contributed by atoms with Crippen LogP contribution in [0.5, 0.6) is 0 Å². The molecule has 0 aliphatic rings. The molecule has 0 atom stereocenters. The lowest BCUT2D eigenvalue weighted by atomic mass is 10.0. The highest BCUT2D eigenvalue weighted by molar-refractivity contribution is 6.14. The van der Waals surface area contributed by atoms with E-state index in [2.05, 4.69) is 25.7 Å². The van der Waals surface area contributed by atoms with E-state index in [0.717, 1.165) is 16.6 Å². The number of hydrogen-bond donors (Lipinski definition) is 2. The van der Waals surface area contributed by atoms with E-state index < -0.39 is 0 Å². The molecule has 0 bridgehead atoms. The Kier molecular flexibility index (Phi) is 3.49. The van der Waals surface area contributed by atoms with E-state index in [9.17, 15) is 4.79 Å². The van der Waals surface area contributed by atoms with Crippen LogP contribution in [0.2, 0.25) is 0 Å². The van der Waals surface area contributed by atoms with E-state index in [1.165, 1.54) is 0 Å². The van der Waals surface area contributed by atoms with Crippen LogP contribution in [0.3, 0.4) is 0 Å². The minimum absolute atomic E-state index is 0.160. The summed E-state index contributed by atoms with van der Waals surface area (Å²) in [6.45, 7) is 5.82. The minimum atomic E-state index is -0.266. The van der Waals surface area contributed by atoms with Crippen molar-refractivity contribution in [2.24, 2.45) is 0 Å². The van der Waals surface area contributed by atoms with Gasteiger partial charge in [0.1, 0.15) is 0 Å². The molecule has 0 unspecified atom stereocenters. The average Bonchev–Trinajstić information content (AvgIpc) is 3.18. The topological polar surface area (TPSA) is 96.7 Å². The second kappa shape index (κ2) is 5.70. The van der Waals surface area contributed by atoms with E-state index in [1.807, 2.05) is 38.1 Å². The Hall–Kier alpha value is -3.22. The maximum atomic E-state index is 12.9. The van der Waals surface area contributed by atoms with Crippen LogP contribution in [-0.4, -0.2) is 26.2 Å². The third-order valence-electron chi connectivity index (χ3n) is 4.18. The number of H-pyrrole nitrogens is 1. The van der Waals surface area contributed by atoms with E-state index in [-0.39, 0.29) is 11.8 Å². The monoisotopic (exact) mass is 335 g/mol. The molecule has 1 amide bonds. The van der Waals surface area contributed by atoms with Gasteiger partial charge in [0, 0.05) is 11.1 Å². The number of aryl methyl sites for hydroxylation is 1. The van der Waals surface area contributed by atoms with Crippen molar-refractivity contribution >= 4 is 33.7 Å². The van der Waals surface area contributed by atoms with Gasteiger partial charge in [0.15, 0.2) is 5.82 Å². The Morgan fingerprint density at radius 1 is 1.28 bits per heavy atom. The van der Waals surface area contributed by atoms with Gasteiger partial charge in [0.2, 0.25) is 0 Å². The highest BCUT2D eigenvalue weighted by Crippen LogP contribution is 2.27. The number of carbonyl (C=O) groups is 1. The summed E-state index contributed by atoms with van der Waals surface area (Å²) in [7, 11) is 0. The molecule has 2 N–H and O–H groups in total. The molecule has 25 heavy (non-hydrogen) atoms. The molecular formula is C18H17N5O2. The largest absolute Gasteiger partial charge is 0.336 e. The summed E-state index contributed by atoms with van der Waals surface area (Å²) in [5, 5.41) is 15.4. The van der Waals surface area contributed by atoms with Gasteiger partial charge in [-0.05, 0) is 31.0 Å². The molecule has 0 spiro atoms. The Labute approximate surface area is 143 Å². The predicted molar refractivity (Wildman–Crippen MR) is 94.7 cm³/mol. The van der Waals surface area contributed by atoms with Gasteiger partial charge in [0.05, 0.1) is 22.2 Å². The van der Waals surface area contributed by atoms with Crippen molar-refractivity contribution in [2.45, 2.75) is 26.7 Å². The van der Waals surface area contributed by atoms with E-state index in [4.69, 9.17) is 4.52 Å². The van der Waals surface area contributed by atoms with Gasteiger partial charge in [-0.15, -0.1) is 0 Å². The van der Waals surface area contributed by atoms with Crippen molar-refractivity contribution < 1.29 is 9.32 Å². The van der Waals surface area contributed by atoms with Crippen LogP contribution in [0.15, 0.2) is 34.9 Å². The van der Waals surface area contributed by atoms with Crippen molar-refractivity contribution in [2.75, 3.05) is 5.32 Å². The lowest BCUT2D eigenvalue weighted by Gasteiger charge is -2.08. The molecule has 126 valence electrons. The molecule has 0 fully saturated rings. The number of carbonyl (C=O) groups excluding carboxylic acids is 1. The fourth-order valence-electron chi connectivity index (χ4n) is 2.82. The molecule has 0 aliphatic heterocycles. The molecule has 0 radical (unpaired) electrons. The number of rotatable bonds is 3. The molecule has 4 rings (SSSR count). The molecule has 4 aromatic rings. The smallest absolute Gasteiger partial charge is 0.259 e. The highest BCUT2D eigenvalue weighted by atomic mass is 16.5. The zero-order valence-corrected chi connectivity index (χ0v) is 14.1. The van der Waals surface area contributed by atoms with Crippen molar-refractivity contribution in [3.8, 4) is 0 Å². The van der Waals surface area contributed by atoms with Crippen LogP contribution in [0.1, 0.15) is 41.5 Å². The second-order valence-electron chi connectivity index (χ2n) is 6.27. The number of aromatic amines is 1. The maximum Gasteiger partial charge on any atom is 0.259 e. The van der Waals surface area contributed by atoms with Gasteiger partial charge in [-0.25, -0.2) is 4.98 Å². The van der Waals surface area contributed by atoms with Crippen LogP contribution < -0.4 is 5.32 Å². The highest BCUT2D eigenvalue weighted by Gasteiger charge is 2.21. The first-order valence-electron chi connectivity index (χ1n) is 8.06. The Morgan fingerprint density at radius 2 is 2.08 bits per heavy atom. The number of pyridine rings is 1. The van der Waals surface area contributed by atoms with Gasteiger partial charge < -0.3 is 9.84 Å². The third kappa shape index (κ3) is 2.53. The normalized spacial score (nSPS) is 11.5. The van der Waals surface area contributed by atoms with Gasteiger partial charge in [-0.1, -0.05) is 31.1 Å². The molecule has 0 aliphatic carbocycles. The number of benzene rings is 1. The van der Waals surface area contributed by atoms with Gasteiger partial charge in [-0.3, -0.25) is 9.89 Å². The number of anilines is 1. The molecule has 1 aromatic carbocycles. The quantitative estimate of drug-likeness (QED) is 0.594. The number of para-hydroxylation sites is 1. The van der Waals surface area contributed by atoms with E-state index >= 15 is 0 Å². The number of nitrogens with one attached hydrogen (secondary N) is 2. The molecule has 7 heteroatoms. The first-order valence-corrected chi connectivity index (χ1v) is 8.06. The van der Waals surface area contributed by atoms with Crippen LogP contribution in [0.25, 0.3) is 22.0 Å². The third-order valence-corrected chi connectivity index (χ3v) is 4.18. The minimum Gasteiger partial charge on any atom is -0.336 e. The first-order chi connectivity index (χ1) is 12.0. The van der Waals surface area contributed by atoms with E-state index in [1.54, 1.807) is 13.0 Å². The van der Waals surface area contributed by atoms with E-state index in [0.29, 0.717) is 28.2 Å². The molecular weight excluding hydrogens is 318 g/mol. The molecule has 0 saturated carbocycles. The fourth-order valence-corrected chi connectivity index (χ4v) is 2.82. The summed E-state index contributed by atoms with van der Waals surface area (Å²) >= 11 is 0. The molecule has 0 saturated heterocycles. The Balaban J connectivity index is 1.80. The first kappa shape index (κ1) is 15.3. The summed E-state index contributed by atoms with van der Waals surface area (Å²) in [4.78, 5) is 17.4. The standard InChI is InChI=1S/C18H17N5O2/c1-9(2)14-8-12(15-10(3)23-25-18(15)19-14)17(24)20-16-11-6-4-5-7-13(11)21-22-16/h4-9H,1-3H3,(H2,20,21,22,24). The number of fused-ring (bicyclic) bond motifs is 2.